The number of aromatic hydroxyl groups is 1. The van der Waals surface area contributed by atoms with Crippen molar-refractivity contribution in [1.82, 2.24) is 9.21 Å². The van der Waals surface area contributed by atoms with Crippen LogP contribution in [-0.2, 0) is 14.8 Å². The zero-order valence-corrected chi connectivity index (χ0v) is 22.6. The Morgan fingerprint density at radius 2 is 1.76 bits per heavy atom. The van der Waals surface area contributed by atoms with Gasteiger partial charge >= 0.3 is 0 Å². The smallest absolute Gasteiger partial charge is 0.253 e. The zero-order chi connectivity index (χ0) is 26.5. The Kier molecular flexibility index (Phi) is 7.27. The molecule has 37 heavy (non-hydrogen) atoms. The predicted octanol–water partition coefficient (Wildman–Crippen LogP) is 2.61. The molecule has 3 N–H and O–H groups in total. The molecule has 3 fully saturated rings. The first kappa shape index (κ1) is 26.4. The maximum absolute atomic E-state index is 13.5. The quantitative estimate of drug-likeness (QED) is 0.317. The molecule has 5 rings (SSSR count). The van der Waals surface area contributed by atoms with Gasteiger partial charge in [-0.1, -0.05) is 18.5 Å². The first-order valence-corrected chi connectivity index (χ1v) is 14.7. The van der Waals surface area contributed by atoms with Gasteiger partial charge in [0.25, 0.3) is 10.9 Å². The highest BCUT2D eigenvalue weighted by atomic mass is 35.5. The van der Waals surface area contributed by atoms with Gasteiger partial charge in [-0.15, -0.1) is 0 Å². The zero-order valence-electron chi connectivity index (χ0n) is 21.0. The van der Waals surface area contributed by atoms with E-state index < -0.39 is 31.5 Å². The van der Waals surface area contributed by atoms with Crippen molar-refractivity contribution < 1.29 is 18.3 Å². The topological polar surface area (TPSA) is 128 Å². The number of benzene rings is 1. The van der Waals surface area contributed by atoms with Crippen LogP contribution in [0.2, 0.25) is 5.02 Å². The van der Waals surface area contributed by atoms with E-state index in [4.69, 9.17) is 16.3 Å². The Hall–Kier alpha value is -2.18. The molecule has 2 saturated heterocycles. The molecule has 2 aromatic carbocycles. The highest BCUT2D eigenvalue weighted by molar-refractivity contribution is 7.89. The number of ether oxygens (including phenoxy) is 1. The molecule has 3 atom stereocenters. The standard InChI is InChI=1S/C25H33ClN4O6S/c1-3-17(19-9-4-14(2)36-19)27-20-21(24(33)23(20)32)28-18-8-7-16(26)25(22(18)31)37(34,35)30-12-10-29(11-13-30)15-5-6-15/h7-8,14-15,17,19,27-28,31H,3-6,9-13H2,1-2H3/t14-,17-,19-/m1/s1. The van der Waals surface area contributed by atoms with Crippen molar-refractivity contribution in [2.45, 2.75) is 75.1 Å². The van der Waals surface area contributed by atoms with Gasteiger partial charge in [0.2, 0.25) is 10.0 Å². The Morgan fingerprint density at radius 3 is 2.35 bits per heavy atom. The average molecular weight is 553 g/mol. The highest BCUT2D eigenvalue weighted by Gasteiger charge is 2.38. The molecule has 0 spiro atoms. The second-order valence-corrected chi connectivity index (χ2v) is 12.5. The minimum absolute atomic E-state index is 0.0199. The van der Waals surface area contributed by atoms with E-state index in [1.807, 2.05) is 13.8 Å². The van der Waals surface area contributed by atoms with Crippen LogP contribution in [0.25, 0.3) is 0 Å². The predicted molar refractivity (Wildman–Crippen MR) is 142 cm³/mol. The van der Waals surface area contributed by atoms with E-state index in [-0.39, 0.29) is 40.3 Å². The molecule has 0 amide bonds. The fraction of sp³-hybridized carbons (Fsp3) is 0.600. The Balaban J connectivity index is 1.37. The third-order valence-electron chi connectivity index (χ3n) is 7.67. The summed E-state index contributed by atoms with van der Waals surface area (Å²) in [6.07, 6.45) is 4.79. The number of nitrogens with one attached hydrogen (secondary N) is 2. The SMILES string of the molecule is CC[C@@H](Nc1c(Nc2ccc(Cl)c(S(=O)(=O)N3CCN(C4CC4)CC3)c2O)c(=O)c1=O)[C@H]1CC[C@@H](C)O1. The summed E-state index contributed by atoms with van der Waals surface area (Å²) < 4.78 is 34.2. The molecule has 0 radical (unpaired) electrons. The van der Waals surface area contributed by atoms with Crippen LogP contribution in [-0.4, -0.2) is 73.2 Å². The van der Waals surface area contributed by atoms with E-state index in [9.17, 15) is 23.1 Å². The maximum Gasteiger partial charge on any atom is 0.253 e. The lowest BCUT2D eigenvalue weighted by atomic mass is 10.0. The third-order valence-corrected chi connectivity index (χ3v) is 10.1. The van der Waals surface area contributed by atoms with E-state index in [1.54, 1.807) is 0 Å². The lowest BCUT2D eigenvalue weighted by Gasteiger charge is -2.34. The molecular weight excluding hydrogens is 520 g/mol. The van der Waals surface area contributed by atoms with E-state index in [0.29, 0.717) is 38.6 Å². The van der Waals surface area contributed by atoms with Crippen LogP contribution < -0.4 is 21.5 Å². The number of hydrogen-bond acceptors (Lipinski definition) is 9. The summed E-state index contributed by atoms with van der Waals surface area (Å²) in [6, 6.07) is 3.13. The minimum atomic E-state index is -4.09. The van der Waals surface area contributed by atoms with Gasteiger partial charge in [0, 0.05) is 32.2 Å². The van der Waals surface area contributed by atoms with Crippen LogP contribution >= 0.6 is 11.6 Å². The second kappa shape index (κ2) is 10.2. The van der Waals surface area contributed by atoms with Gasteiger partial charge in [0.05, 0.1) is 29.0 Å². The maximum atomic E-state index is 13.5. The van der Waals surface area contributed by atoms with Crippen molar-refractivity contribution in [1.29, 1.82) is 0 Å². The van der Waals surface area contributed by atoms with Gasteiger partial charge in [0.1, 0.15) is 16.3 Å². The van der Waals surface area contributed by atoms with Gasteiger partial charge in [0.15, 0.2) is 5.75 Å². The largest absolute Gasteiger partial charge is 0.504 e. The summed E-state index contributed by atoms with van der Waals surface area (Å²) in [5, 5.41) is 16.8. The number of phenols is 1. The van der Waals surface area contributed by atoms with Gasteiger partial charge in [-0.05, 0) is 51.2 Å². The summed E-state index contributed by atoms with van der Waals surface area (Å²) in [5.74, 6) is -0.587. The van der Waals surface area contributed by atoms with Gasteiger partial charge in [-0.25, -0.2) is 8.42 Å². The van der Waals surface area contributed by atoms with Gasteiger partial charge in [-0.2, -0.15) is 4.31 Å². The van der Waals surface area contributed by atoms with Crippen LogP contribution in [0.3, 0.4) is 0 Å². The number of piperazine rings is 1. The van der Waals surface area contributed by atoms with Crippen molar-refractivity contribution in [2.24, 2.45) is 0 Å². The number of halogens is 1. The lowest BCUT2D eigenvalue weighted by molar-refractivity contribution is 0.0438. The molecule has 10 nitrogen and oxygen atoms in total. The number of nitrogens with zero attached hydrogens (tertiary/aromatic N) is 2. The van der Waals surface area contributed by atoms with Crippen molar-refractivity contribution in [2.75, 3.05) is 36.8 Å². The highest BCUT2D eigenvalue weighted by Crippen LogP contribution is 2.41. The second-order valence-electron chi connectivity index (χ2n) is 10.2. The molecule has 0 bridgehead atoms. The van der Waals surface area contributed by atoms with Crippen molar-refractivity contribution >= 4 is 38.7 Å². The summed E-state index contributed by atoms with van der Waals surface area (Å²) in [7, 11) is -4.09. The summed E-state index contributed by atoms with van der Waals surface area (Å²) in [6.45, 7) is 5.83. The Bertz CT molecular complexity index is 1350. The number of phenolic OH excluding ortho intramolecular Hbond substituents is 1. The van der Waals surface area contributed by atoms with Crippen LogP contribution in [0.5, 0.6) is 5.75 Å². The first-order chi connectivity index (χ1) is 17.6. The van der Waals surface area contributed by atoms with Crippen LogP contribution in [0.15, 0.2) is 26.6 Å². The fourth-order valence-corrected chi connectivity index (χ4v) is 7.34. The van der Waals surface area contributed by atoms with E-state index in [1.165, 1.54) is 16.4 Å². The normalized spacial score (nSPS) is 24.4. The van der Waals surface area contributed by atoms with Gasteiger partial charge in [-0.3, -0.25) is 14.5 Å². The summed E-state index contributed by atoms with van der Waals surface area (Å²) in [4.78, 5) is 26.7. The number of hydrogen-bond donors (Lipinski definition) is 3. The molecule has 202 valence electrons. The first-order valence-electron chi connectivity index (χ1n) is 12.9. The average Bonchev–Trinajstić information content (AvgIpc) is 3.65. The fourth-order valence-electron chi connectivity index (χ4n) is 5.33. The monoisotopic (exact) mass is 552 g/mol. The molecule has 0 unspecified atom stereocenters. The number of sulfonamides is 1. The Morgan fingerprint density at radius 1 is 1.08 bits per heavy atom. The molecular formula is C25H33ClN4O6S. The molecule has 1 aliphatic carbocycles. The Labute approximate surface area is 221 Å². The van der Waals surface area contributed by atoms with E-state index in [2.05, 4.69) is 15.5 Å². The molecule has 1 saturated carbocycles. The van der Waals surface area contributed by atoms with Crippen LogP contribution in [0.1, 0.15) is 46.0 Å². The number of rotatable bonds is 9. The third kappa shape index (κ3) is 4.99. The molecule has 2 heterocycles. The molecule has 12 heteroatoms. The summed E-state index contributed by atoms with van der Waals surface area (Å²) >= 11 is 6.27. The molecule has 2 aromatic rings. The molecule has 2 aliphatic heterocycles. The van der Waals surface area contributed by atoms with E-state index in [0.717, 1.165) is 25.7 Å². The molecule has 3 aliphatic rings. The van der Waals surface area contributed by atoms with Crippen molar-refractivity contribution in [3.05, 3.63) is 37.6 Å². The van der Waals surface area contributed by atoms with Gasteiger partial charge < -0.3 is 20.5 Å². The van der Waals surface area contributed by atoms with Crippen molar-refractivity contribution in [3.63, 3.8) is 0 Å². The lowest BCUT2D eigenvalue weighted by Crippen LogP contribution is -2.49. The van der Waals surface area contributed by atoms with Crippen LogP contribution in [0.4, 0.5) is 17.1 Å². The summed E-state index contributed by atoms with van der Waals surface area (Å²) in [5.41, 5.74) is -1.34. The van der Waals surface area contributed by atoms with Crippen molar-refractivity contribution in [3.8, 4) is 5.75 Å². The van der Waals surface area contributed by atoms with Crippen LogP contribution in [0, 0.1) is 0 Å². The molecule has 0 aromatic heterocycles. The minimum Gasteiger partial charge on any atom is -0.504 e. The number of anilines is 3. The van der Waals surface area contributed by atoms with E-state index >= 15 is 0 Å².